The number of esters is 1. The van der Waals surface area contributed by atoms with Gasteiger partial charge in [-0.1, -0.05) is 12.1 Å². The number of amides is 1. The highest BCUT2D eigenvalue weighted by Crippen LogP contribution is 2.36. The highest BCUT2D eigenvalue weighted by Gasteiger charge is 2.48. The Morgan fingerprint density at radius 3 is 2.82 bits per heavy atom. The van der Waals surface area contributed by atoms with Gasteiger partial charge in [0.15, 0.2) is 0 Å². The van der Waals surface area contributed by atoms with E-state index in [9.17, 15) is 9.59 Å². The monoisotopic (exact) mass is 235 g/mol. The van der Waals surface area contributed by atoms with Crippen LogP contribution in [0.4, 0.5) is 5.69 Å². The molecule has 1 heterocycles. The second kappa shape index (κ2) is 3.76. The highest BCUT2D eigenvalue weighted by molar-refractivity contribution is 6.14. The molecule has 0 spiro atoms. The van der Waals surface area contributed by atoms with Gasteiger partial charge in [-0.2, -0.15) is 0 Å². The number of carbonyl (C=O) groups is 2. The summed E-state index contributed by atoms with van der Waals surface area (Å²) in [5, 5.41) is 2.67. The molecule has 2 rings (SSSR count). The number of nitrogens with one attached hydrogen (secondary N) is 1. The van der Waals surface area contributed by atoms with Crippen molar-refractivity contribution in [2.75, 3.05) is 12.4 Å². The minimum absolute atomic E-state index is 0.470. The number of hydrogen-bond acceptors (Lipinski definition) is 4. The van der Waals surface area contributed by atoms with Gasteiger partial charge in [-0.15, -0.1) is 0 Å². The number of ether oxygens (including phenoxy) is 2. The standard InChI is InChI=1S/C12H13NO4/c1-7-5-4-6-8-9(7)13-10(14)12(2,17-8)11(15)16-3/h4-6H,1-3H3,(H,13,14)/t12-/m1/s1. The van der Waals surface area contributed by atoms with Crippen LogP contribution in [0.25, 0.3) is 0 Å². The Kier molecular flexibility index (Phi) is 2.53. The molecule has 0 fully saturated rings. The van der Waals surface area contributed by atoms with Crippen molar-refractivity contribution in [1.82, 2.24) is 0 Å². The van der Waals surface area contributed by atoms with Crippen LogP contribution in [0.3, 0.4) is 0 Å². The van der Waals surface area contributed by atoms with Crippen LogP contribution in [0, 0.1) is 6.92 Å². The molecule has 5 nitrogen and oxygen atoms in total. The summed E-state index contributed by atoms with van der Waals surface area (Å²) in [5.74, 6) is -0.772. The normalized spacial score (nSPS) is 22.2. The van der Waals surface area contributed by atoms with Crippen LogP contribution < -0.4 is 10.1 Å². The minimum Gasteiger partial charge on any atom is -0.466 e. The zero-order valence-corrected chi connectivity index (χ0v) is 9.87. The Morgan fingerprint density at radius 1 is 1.47 bits per heavy atom. The average Bonchev–Trinajstić information content (AvgIpc) is 2.31. The van der Waals surface area contributed by atoms with Crippen LogP contribution in [-0.4, -0.2) is 24.6 Å². The van der Waals surface area contributed by atoms with E-state index in [-0.39, 0.29) is 0 Å². The molecule has 0 saturated heterocycles. The van der Waals surface area contributed by atoms with Crippen molar-refractivity contribution in [3.63, 3.8) is 0 Å². The van der Waals surface area contributed by atoms with E-state index in [1.165, 1.54) is 14.0 Å². The molecule has 1 aromatic carbocycles. The first-order valence-electron chi connectivity index (χ1n) is 5.17. The van der Waals surface area contributed by atoms with Crippen LogP contribution in [0.15, 0.2) is 18.2 Å². The molecule has 1 N–H and O–H groups in total. The number of fused-ring (bicyclic) bond motifs is 1. The van der Waals surface area contributed by atoms with Crippen LogP contribution in [0.5, 0.6) is 5.75 Å². The van der Waals surface area contributed by atoms with E-state index in [4.69, 9.17) is 4.74 Å². The molecule has 5 heteroatoms. The maximum absolute atomic E-state index is 11.9. The fourth-order valence-corrected chi connectivity index (χ4v) is 1.71. The predicted molar refractivity (Wildman–Crippen MR) is 60.9 cm³/mol. The molecular weight excluding hydrogens is 222 g/mol. The number of hydrogen-bond donors (Lipinski definition) is 1. The Balaban J connectivity index is 2.47. The lowest BCUT2D eigenvalue weighted by molar-refractivity contribution is -0.162. The SMILES string of the molecule is COC(=O)[C@]1(C)Oc2cccc(C)c2NC1=O. The van der Waals surface area contributed by atoms with Gasteiger partial charge in [-0.3, -0.25) is 4.79 Å². The van der Waals surface area contributed by atoms with Gasteiger partial charge in [-0.25, -0.2) is 4.79 Å². The zero-order valence-electron chi connectivity index (χ0n) is 9.87. The van der Waals surface area contributed by atoms with E-state index < -0.39 is 17.5 Å². The molecule has 1 atom stereocenters. The van der Waals surface area contributed by atoms with Crippen LogP contribution in [0.1, 0.15) is 12.5 Å². The first kappa shape index (κ1) is 11.4. The lowest BCUT2D eigenvalue weighted by Gasteiger charge is -2.32. The molecule has 0 bridgehead atoms. The van der Waals surface area contributed by atoms with Crippen LogP contribution >= 0.6 is 0 Å². The van der Waals surface area contributed by atoms with E-state index in [0.717, 1.165) is 5.56 Å². The van der Waals surface area contributed by atoms with Gasteiger partial charge in [-0.05, 0) is 25.5 Å². The van der Waals surface area contributed by atoms with Gasteiger partial charge in [0.05, 0.1) is 12.8 Å². The average molecular weight is 235 g/mol. The molecular formula is C12H13NO4. The summed E-state index contributed by atoms with van der Waals surface area (Å²) >= 11 is 0. The lowest BCUT2D eigenvalue weighted by atomic mass is 10.0. The molecule has 0 saturated carbocycles. The number of anilines is 1. The predicted octanol–water partition coefficient (Wildman–Crippen LogP) is 1.26. The number of benzene rings is 1. The molecule has 1 aliphatic rings. The van der Waals surface area contributed by atoms with Crippen LogP contribution in [-0.2, 0) is 14.3 Å². The fraction of sp³-hybridized carbons (Fsp3) is 0.333. The largest absolute Gasteiger partial charge is 0.466 e. The molecule has 90 valence electrons. The van der Waals surface area contributed by atoms with Gasteiger partial charge < -0.3 is 14.8 Å². The van der Waals surface area contributed by atoms with Crippen molar-refractivity contribution in [1.29, 1.82) is 0 Å². The zero-order chi connectivity index (χ0) is 12.6. The molecule has 0 aromatic heterocycles. The number of carbonyl (C=O) groups excluding carboxylic acids is 2. The lowest BCUT2D eigenvalue weighted by Crippen LogP contribution is -2.55. The molecule has 1 amide bonds. The van der Waals surface area contributed by atoms with E-state index in [1.807, 2.05) is 13.0 Å². The molecule has 1 aliphatic heterocycles. The summed E-state index contributed by atoms with van der Waals surface area (Å²) in [6, 6.07) is 5.34. The topological polar surface area (TPSA) is 64.6 Å². The number of rotatable bonds is 1. The molecule has 0 aliphatic carbocycles. The number of methoxy groups -OCH3 is 1. The Hall–Kier alpha value is -2.04. The number of aryl methyl sites for hydroxylation is 1. The van der Waals surface area contributed by atoms with E-state index in [1.54, 1.807) is 12.1 Å². The first-order chi connectivity index (χ1) is 7.99. The number of para-hydroxylation sites is 1. The van der Waals surface area contributed by atoms with Gasteiger partial charge in [0.25, 0.3) is 11.5 Å². The Labute approximate surface area is 98.7 Å². The van der Waals surface area contributed by atoms with Crippen molar-refractivity contribution >= 4 is 17.6 Å². The third-order valence-electron chi connectivity index (χ3n) is 2.80. The molecule has 0 unspecified atom stereocenters. The Bertz CT molecular complexity index is 497. The summed E-state index contributed by atoms with van der Waals surface area (Å²) in [7, 11) is 1.22. The third-order valence-corrected chi connectivity index (χ3v) is 2.80. The van der Waals surface area contributed by atoms with Crippen molar-refractivity contribution in [3.05, 3.63) is 23.8 Å². The van der Waals surface area contributed by atoms with E-state index >= 15 is 0 Å². The maximum atomic E-state index is 11.9. The van der Waals surface area contributed by atoms with E-state index in [2.05, 4.69) is 10.1 Å². The van der Waals surface area contributed by atoms with E-state index in [0.29, 0.717) is 11.4 Å². The molecule has 0 radical (unpaired) electrons. The minimum atomic E-state index is -1.63. The summed E-state index contributed by atoms with van der Waals surface area (Å²) in [5.41, 5.74) is -0.156. The van der Waals surface area contributed by atoms with Crippen LogP contribution in [0.2, 0.25) is 0 Å². The van der Waals surface area contributed by atoms with Crippen molar-refractivity contribution < 1.29 is 19.1 Å². The van der Waals surface area contributed by atoms with Crippen molar-refractivity contribution in [2.24, 2.45) is 0 Å². The molecule has 1 aromatic rings. The second-order valence-electron chi connectivity index (χ2n) is 4.03. The quantitative estimate of drug-likeness (QED) is 0.588. The summed E-state index contributed by atoms with van der Waals surface area (Å²) in [6.07, 6.45) is 0. The maximum Gasteiger partial charge on any atom is 0.359 e. The second-order valence-corrected chi connectivity index (χ2v) is 4.03. The highest BCUT2D eigenvalue weighted by atomic mass is 16.6. The summed E-state index contributed by atoms with van der Waals surface area (Å²) < 4.78 is 10.1. The van der Waals surface area contributed by atoms with Gasteiger partial charge >= 0.3 is 5.97 Å². The van der Waals surface area contributed by atoms with Gasteiger partial charge in [0, 0.05) is 0 Å². The van der Waals surface area contributed by atoms with Gasteiger partial charge in [0.1, 0.15) is 5.75 Å². The summed E-state index contributed by atoms with van der Waals surface area (Å²) in [4.78, 5) is 23.5. The first-order valence-corrected chi connectivity index (χ1v) is 5.17. The van der Waals surface area contributed by atoms with Gasteiger partial charge in [0.2, 0.25) is 0 Å². The third kappa shape index (κ3) is 1.63. The van der Waals surface area contributed by atoms with Crippen molar-refractivity contribution in [3.8, 4) is 5.75 Å². The van der Waals surface area contributed by atoms with Crippen molar-refractivity contribution in [2.45, 2.75) is 19.4 Å². The molecule has 17 heavy (non-hydrogen) atoms. The fourth-order valence-electron chi connectivity index (χ4n) is 1.71. The summed E-state index contributed by atoms with van der Waals surface area (Å²) in [6.45, 7) is 3.24. The Morgan fingerprint density at radius 2 is 2.18 bits per heavy atom. The smallest absolute Gasteiger partial charge is 0.359 e.